The molecule has 2 amide bonds. The van der Waals surface area contributed by atoms with Crippen LogP contribution < -0.4 is 10.6 Å². The molecule has 0 spiro atoms. The van der Waals surface area contributed by atoms with Crippen LogP contribution >= 0.6 is 0 Å². The minimum absolute atomic E-state index is 0.120. The van der Waals surface area contributed by atoms with Crippen LogP contribution in [0.1, 0.15) is 60.3 Å². The largest absolute Gasteiger partial charge is 0.452 e. The molecule has 1 aliphatic rings. The lowest BCUT2D eigenvalue weighted by atomic mass is 9.70. The molecule has 0 radical (unpaired) electrons. The highest BCUT2D eigenvalue weighted by Crippen LogP contribution is 2.40. The van der Waals surface area contributed by atoms with Crippen molar-refractivity contribution in [3.63, 3.8) is 0 Å². The maximum Gasteiger partial charge on any atom is 0.309 e. The molecule has 2 rings (SSSR count). The molecule has 0 aliphatic heterocycles. The minimum atomic E-state index is -0.858. The predicted octanol–water partition coefficient (Wildman–Crippen LogP) is 4.37. The molecule has 2 N–H and O–H groups in total. The number of rotatable bonds is 5. The van der Waals surface area contributed by atoms with Crippen molar-refractivity contribution in [2.24, 2.45) is 17.3 Å². The number of hydrogen-bond acceptors (Lipinski definition) is 4. The van der Waals surface area contributed by atoms with Gasteiger partial charge in [0.2, 0.25) is 5.91 Å². The third kappa shape index (κ3) is 6.36. The van der Waals surface area contributed by atoms with Crippen molar-refractivity contribution in [2.75, 3.05) is 10.6 Å². The fraction of sp³-hybridized carbons (Fsp3) is 0.591. The van der Waals surface area contributed by atoms with Gasteiger partial charge in [-0.05, 0) is 68.2 Å². The summed E-state index contributed by atoms with van der Waals surface area (Å²) in [6.07, 6.45) is 2.82. The Morgan fingerprint density at radius 2 is 1.46 bits per heavy atom. The Morgan fingerprint density at radius 3 is 1.93 bits per heavy atom. The summed E-state index contributed by atoms with van der Waals surface area (Å²) in [5, 5.41) is 5.39. The first-order valence-corrected chi connectivity index (χ1v) is 9.95. The van der Waals surface area contributed by atoms with E-state index in [1.165, 1.54) is 6.92 Å². The van der Waals surface area contributed by atoms with Gasteiger partial charge < -0.3 is 15.4 Å². The molecule has 1 saturated carbocycles. The van der Waals surface area contributed by atoms with Gasteiger partial charge in [0.05, 0.1) is 5.92 Å². The molecule has 0 bridgehead atoms. The summed E-state index contributed by atoms with van der Waals surface area (Å²) < 4.78 is 5.41. The SMILES string of the molecule is CC(=O)Nc1ccc(NC(=O)[C@@H](C)OC(=O)C2CCC(C(C)(C)C)CC2)cc1. The van der Waals surface area contributed by atoms with Crippen molar-refractivity contribution in [1.29, 1.82) is 0 Å². The van der Waals surface area contributed by atoms with Crippen molar-refractivity contribution >= 4 is 29.2 Å². The lowest BCUT2D eigenvalue weighted by molar-refractivity contribution is -0.158. The number of esters is 1. The van der Waals surface area contributed by atoms with E-state index in [1.54, 1.807) is 31.2 Å². The van der Waals surface area contributed by atoms with E-state index < -0.39 is 6.10 Å². The first kappa shape index (κ1) is 21.9. The van der Waals surface area contributed by atoms with E-state index >= 15 is 0 Å². The van der Waals surface area contributed by atoms with Gasteiger partial charge >= 0.3 is 5.97 Å². The van der Waals surface area contributed by atoms with Gasteiger partial charge in [0.25, 0.3) is 5.91 Å². The highest BCUT2D eigenvalue weighted by molar-refractivity contribution is 5.95. The maximum atomic E-state index is 12.4. The fourth-order valence-electron chi connectivity index (χ4n) is 3.60. The van der Waals surface area contributed by atoms with Crippen molar-refractivity contribution < 1.29 is 19.1 Å². The Hall–Kier alpha value is -2.37. The quantitative estimate of drug-likeness (QED) is 0.734. The van der Waals surface area contributed by atoms with Crippen LogP contribution in [0.5, 0.6) is 0 Å². The van der Waals surface area contributed by atoms with Crippen LogP contribution in [0.4, 0.5) is 11.4 Å². The number of carbonyl (C=O) groups excluding carboxylic acids is 3. The smallest absolute Gasteiger partial charge is 0.309 e. The Morgan fingerprint density at radius 1 is 0.964 bits per heavy atom. The minimum Gasteiger partial charge on any atom is -0.452 e. The van der Waals surface area contributed by atoms with Crippen LogP contribution in [-0.2, 0) is 19.1 Å². The monoisotopic (exact) mass is 388 g/mol. The first-order chi connectivity index (χ1) is 13.1. The summed E-state index contributed by atoms with van der Waals surface area (Å²) in [4.78, 5) is 35.8. The van der Waals surface area contributed by atoms with Gasteiger partial charge in [-0.2, -0.15) is 0 Å². The molecular formula is C22H32N2O4. The van der Waals surface area contributed by atoms with E-state index in [9.17, 15) is 14.4 Å². The average Bonchev–Trinajstić information content (AvgIpc) is 2.62. The molecule has 0 unspecified atom stereocenters. The molecule has 1 aromatic carbocycles. The van der Waals surface area contributed by atoms with Crippen LogP contribution in [0.15, 0.2) is 24.3 Å². The zero-order valence-corrected chi connectivity index (χ0v) is 17.5. The summed E-state index contributed by atoms with van der Waals surface area (Å²) in [5.74, 6) is -0.308. The van der Waals surface area contributed by atoms with E-state index in [0.29, 0.717) is 17.3 Å². The summed E-state index contributed by atoms with van der Waals surface area (Å²) in [7, 11) is 0. The van der Waals surface area contributed by atoms with E-state index in [4.69, 9.17) is 4.74 Å². The zero-order chi connectivity index (χ0) is 20.9. The van der Waals surface area contributed by atoms with E-state index in [-0.39, 0.29) is 29.1 Å². The molecule has 0 heterocycles. The van der Waals surface area contributed by atoms with E-state index in [0.717, 1.165) is 25.7 Å². The molecular weight excluding hydrogens is 356 g/mol. The Bertz CT molecular complexity index is 698. The third-order valence-electron chi connectivity index (χ3n) is 5.42. The Labute approximate surface area is 167 Å². The van der Waals surface area contributed by atoms with E-state index in [1.807, 2.05) is 0 Å². The number of ether oxygens (including phenoxy) is 1. The van der Waals surface area contributed by atoms with Gasteiger partial charge in [-0.15, -0.1) is 0 Å². The van der Waals surface area contributed by atoms with Crippen LogP contribution in [0.2, 0.25) is 0 Å². The number of anilines is 2. The molecule has 1 aromatic rings. The standard InChI is InChI=1S/C22H32N2O4/c1-14(20(26)24-19-12-10-18(11-13-19)23-15(2)25)28-21(27)16-6-8-17(9-7-16)22(3,4)5/h10-14,16-17H,6-9H2,1-5H3,(H,23,25)(H,24,26)/t14-,16?,17?/m1/s1. The highest BCUT2D eigenvalue weighted by atomic mass is 16.5. The number of nitrogens with one attached hydrogen (secondary N) is 2. The molecule has 1 atom stereocenters. The lowest BCUT2D eigenvalue weighted by Crippen LogP contribution is -2.34. The molecule has 0 aromatic heterocycles. The number of benzene rings is 1. The van der Waals surface area contributed by atoms with Gasteiger partial charge in [0.15, 0.2) is 6.10 Å². The molecule has 1 fully saturated rings. The molecule has 1 aliphatic carbocycles. The molecule has 0 saturated heterocycles. The van der Waals surface area contributed by atoms with Gasteiger partial charge in [0, 0.05) is 18.3 Å². The first-order valence-electron chi connectivity index (χ1n) is 9.95. The molecule has 28 heavy (non-hydrogen) atoms. The lowest BCUT2D eigenvalue weighted by Gasteiger charge is -2.36. The number of amides is 2. The normalized spacial score (nSPS) is 20.8. The molecule has 6 nitrogen and oxygen atoms in total. The van der Waals surface area contributed by atoms with Crippen molar-refractivity contribution in [3.8, 4) is 0 Å². The van der Waals surface area contributed by atoms with Gasteiger partial charge in [0.1, 0.15) is 0 Å². The highest BCUT2D eigenvalue weighted by Gasteiger charge is 2.34. The number of carbonyl (C=O) groups is 3. The van der Waals surface area contributed by atoms with Crippen LogP contribution in [0, 0.1) is 17.3 Å². The van der Waals surface area contributed by atoms with Crippen LogP contribution in [0.25, 0.3) is 0 Å². The summed E-state index contributed by atoms with van der Waals surface area (Å²) in [6.45, 7) is 9.74. The van der Waals surface area contributed by atoms with E-state index in [2.05, 4.69) is 31.4 Å². The molecule has 154 valence electrons. The maximum absolute atomic E-state index is 12.4. The van der Waals surface area contributed by atoms with Gasteiger partial charge in [-0.25, -0.2) is 0 Å². The topological polar surface area (TPSA) is 84.5 Å². The van der Waals surface area contributed by atoms with Crippen LogP contribution in [-0.4, -0.2) is 23.9 Å². The zero-order valence-electron chi connectivity index (χ0n) is 17.5. The third-order valence-corrected chi connectivity index (χ3v) is 5.42. The Kier molecular flexibility index (Phi) is 7.22. The second kappa shape index (κ2) is 9.22. The van der Waals surface area contributed by atoms with Crippen molar-refractivity contribution in [3.05, 3.63) is 24.3 Å². The second-order valence-corrected chi connectivity index (χ2v) is 8.74. The fourth-order valence-corrected chi connectivity index (χ4v) is 3.60. The average molecular weight is 389 g/mol. The molecule has 6 heteroatoms. The number of hydrogen-bond donors (Lipinski definition) is 2. The predicted molar refractivity (Wildman–Crippen MR) is 110 cm³/mol. The summed E-state index contributed by atoms with van der Waals surface area (Å²) in [6, 6.07) is 6.76. The second-order valence-electron chi connectivity index (χ2n) is 8.74. The van der Waals surface area contributed by atoms with Gasteiger partial charge in [-0.3, -0.25) is 14.4 Å². The van der Waals surface area contributed by atoms with Crippen LogP contribution in [0.3, 0.4) is 0 Å². The Balaban J connectivity index is 1.82. The summed E-state index contributed by atoms with van der Waals surface area (Å²) >= 11 is 0. The summed E-state index contributed by atoms with van der Waals surface area (Å²) in [5.41, 5.74) is 1.49. The van der Waals surface area contributed by atoms with Crippen molar-refractivity contribution in [2.45, 2.75) is 66.4 Å². The van der Waals surface area contributed by atoms with Gasteiger partial charge in [-0.1, -0.05) is 20.8 Å². The van der Waals surface area contributed by atoms with Crippen molar-refractivity contribution in [1.82, 2.24) is 0 Å².